The molecule has 0 amide bonds. The Bertz CT molecular complexity index is 438. The van der Waals surface area contributed by atoms with Gasteiger partial charge in [0.2, 0.25) is 0 Å². The minimum Gasteiger partial charge on any atom is -0.355 e. The van der Waals surface area contributed by atoms with Gasteiger partial charge in [0.25, 0.3) is 0 Å². The highest BCUT2D eigenvalue weighted by molar-refractivity contribution is 6.33. The lowest BCUT2D eigenvalue weighted by atomic mass is 9.87. The van der Waals surface area contributed by atoms with E-state index in [0.717, 1.165) is 17.9 Å². The molecule has 20 heavy (non-hydrogen) atoms. The third-order valence-electron chi connectivity index (χ3n) is 3.76. The summed E-state index contributed by atoms with van der Waals surface area (Å²) in [4.78, 5) is 6.70. The van der Waals surface area contributed by atoms with Crippen molar-refractivity contribution in [1.29, 1.82) is 0 Å². The molecule has 0 aliphatic rings. The first-order chi connectivity index (χ1) is 9.12. The first-order valence-corrected chi connectivity index (χ1v) is 7.61. The van der Waals surface area contributed by atoms with Crippen LogP contribution >= 0.6 is 11.6 Å². The molecule has 0 aromatic carbocycles. The number of anilines is 1. The minimum absolute atomic E-state index is 0.178. The molecule has 1 aromatic rings. The molecule has 0 aliphatic heterocycles. The first-order valence-electron chi connectivity index (χ1n) is 7.23. The molecule has 3 nitrogen and oxygen atoms in total. The van der Waals surface area contributed by atoms with Crippen LogP contribution in [0.15, 0.2) is 12.3 Å². The summed E-state index contributed by atoms with van der Waals surface area (Å²) in [5.41, 5.74) is 1.29. The molecule has 0 saturated heterocycles. The fourth-order valence-electron chi connectivity index (χ4n) is 1.91. The summed E-state index contributed by atoms with van der Waals surface area (Å²) in [6, 6.07) is 2.81. The molecule has 0 spiro atoms. The second-order valence-electron chi connectivity index (χ2n) is 6.84. The topological polar surface area (TPSA) is 28.2 Å². The molecule has 1 N–H and O–H groups in total. The Morgan fingerprint density at radius 2 is 1.90 bits per heavy atom. The maximum atomic E-state index is 6.40. The summed E-state index contributed by atoms with van der Waals surface area (Å²) in [5.74, 6) is 0.849. The van der Waals surface area contributed by atoms with Gasteiger partial charge in [-0.15, -0.1) is 0 Å². The van der Waals surface area contributed by atoms with Gasteiger partial charge in [0.15, 0.2) is 0 Å². The highest BCUT2D eigenvalue weighted by Crippen LogP contribution is 2.30. The van der Waals surface area contributed by atoms with Crippen molar-refractivity contribution in [3.8, 4) is 0 Å². The molecule has 4 heteroatoms. The zero-order chi connectivity index (χ0) is 15.5. The monoisotopic (exact) mass is 297 g/mol. The van der Waals surface area contributed by atoms with E-state index >= 15 is 0 Å². The van der Waals surface area contributed by atoms with Crippen molar-refractivity contribution in [2.75, 3.05) is 11.9 Å². The Hall–Kier alpha value is -0.800. The molecule has 0 fully saturated rings. The standard InChI is InChI=1S/C16H28ClN3/c1-11(2)18-9-13-8-14(17)15(19-10-13)20(7)12(3)16(4,5)6/h8,10-12,18H,9H2,1-7H3. The summed E-state index contributed by atoms with van der Waals surface area (Å²) in [6.45, 7) is 13.9. The number of aromatic nitrogens is 1. The fourth-order valence-corrected chi connectivity index (χ4v) is 2.24. The molecule has 114 valence electrons. The van der Waals surface area contributed by atoms with E-state index in [2.05, 4.69) is 63.8 Å². The first kappa shape index (κ1) is 17.3. The smallest absolute Gasteiger partial charge is 0.147 e. The molecule has 0 bridgehead atoms. The quantitative estimate of drug-likeness (QED) is 0.887. The van der Waals surface area contributed by atoms with E-state index in [1.165, 1.54) is 0 Å². The largest absolute Gasteiger partial charge is 0.355 e. The van der Waals surface area contributed by atoms with Gasteiger partial charge in [0, 0.05) is 31.9 Å². The average Bonchev–Trinajstić information content (AvgIpc) is 2.33. The van der Waals surface area contributed by atoms with Crippen LogP contribution in [0.3, 0.4) is 0 Å². The van der Waals surface area contributed by atoms with Crippen LogP contribution < -0.4 is 10.2 Å². The lowest BCUT2D eigenvalue weighted by molar-refractivity contribution is 0.328. The van der Waals surface area contributed by atoms with Gasteiger partial charge >= 0.3 is 0 Å². The van der Waals surface area contributed by atoms with Gasteiger partial charge in [-0.25, -0.2) is 4.98 Å². The highest BCUT2D eigenvalue weighted by Gasteiger charge is 2.25. The molecule has 0 aliphatic carbocycles. The zero-order valence-electron chi connectivity index (χ0n) is 13.8. The van der Waals surface area contributed by atoms with Crippen LogP contribution in [0.25, 0.3) is 0 Å². The van der Waals surface area contributed by atoms with Crippen LogP contribution in [-0.2, 0) is 6.54 Å². The van der Waals surface area contributed by atoms with Crippen molar-refractivity contribution in [1.82, 2.24) is 10.3 Å². The van der Waals surface area contributed by atoms with Gasteiger partial charge in [-0.05, 0) is 24.0 Å². The predicted octanol–water partition coefficient (Wildman–Crippen LogP) is 4.10. The molecular weight excluding hydrogens is 270 g/mol. The number of hydrogen-bond acceptors (Lipinski definition) is 3. The van der Waals surface area contributed by atoms with E-state index in [-0.39, 0.29) is 5.41 Å². The Morgan fingerprint density at radius 3 is 2.35 bits per heavy atom. The van der Waals surface area contributed by atoms with Crippen molar-refractivity contribution >= 4 is 17.4 Å². The molecule has 0 radical (unpaired) electrons. The van der Waals surface area contributed by atoms with Crippen LogP contribution in [0.2, 0.25) is 5.02 Å². The van der Waals surface area contributed by atoms with Gasteiger partial charge in [-0.3, -0.25) is 0 Å². The normalized spacial score (nSPS) is 13.7. The van der Waals surface area contributed by atoms with Crippen molar-refractivity contribution in [2.24, 2.45) is 5.41 Å². The van der Waals surface area contributed by atoms with E-state index < -0.39 is 0 Å². The predicted molar refractivity (Wildman–Crippen MR) is 88.5 cm³/mol. The second kappa shape index (κ2) is 6.77. The SMILES string of the molecule is CC(C)NCc1cnc(N(C)C(C)C(C)(C)C)c(Cl)c1. The van der Waals surface area contributed by atoms with Crippen molar-refractivity contribution in [3.05, 3.63) is 22.8 Å². The Kier molecular flexibility index (Phi) is 5.84. The fraction of sp³-hybridized carbons (Fsp3) is 0.688. The maximum Gasteiger partial charge on any atom is 0.147 e. The van der Waals surface area contributed by atoms with Crippen LogP contribution in [0, 0.1) is 5.41 Å². The molecule has 1 atom stereocenters. The second-order valence-corrected chi connectivity index (χ2v) is 7.24. The molecule has 1 heterocycles. The van der Waals surface area contributed by atoms with Gasteiger partial charge in [-0.1, -0.05) is 46.2 Å². The Morgan fingerprint density at radius 1 is 1.30 bits per heavy atom. The van der Waals surface area contributed by atoms with E-state index in [9.17, 15) is 0 Å². The third kappa shape index (κ3) is 4.64. The number of pyridine rings is 1. The molecule has 1 rings (SSSR count). The maximum absolute atomic E-state index is 6.40. The van der Waals surface area contributed by atoms with Gasteiger partial charge in [-0.2, -0.15) is 0 Å². The molecular formula is C16H28ClN3. The van der Waals surface area contributed by atoms with E-state index in [4.69, 9.17) is 11.6 Å². The Balaban J connectivity index is 2.87. The number of nitrogens with zero attached hydrogens (tertiary/aromatic N) is 2. The number of nitrogens with one attached hydrogen (secondary N) is 1. The van der Waals surface area contributed by atoms with E-state index in [1.54, 1.807) is 0 Å². The summed E-state index contributed by atoms with van der Waals surface area (Å²) < 4.78 is 0. The number of rotatable bonds is 5. The summed E-state index contributed by atoms with van der Waals surface area (Å²) in [6.07, 6.45) is 1.91. The zero-order valence-corrected chi connectivity index (χ0v) is 14.5. The highest BCUT2D eigenvalue weighted by atomic mass is 35.5. The molecule has 1 unspecified atom stereocenters. The number of hydrogen-bond donors (Lipinski definition) is 1. The van der Waals surface area contributed by atoms with E-state index in [0.29, 0.717) is 17.1 Å². The minimum atomic E-state index is 0.178. The van der Waals surface area contributed by atoms with Crippen LogP contribution in [0.1, 0.15) is 47.1 Å². The van der Waals surface area contributed by atoms with Gasteiger partial charge in [0.1, 0.15) is 5.82 Å². The summed E-state index contributed by atoms with van der Waals surface area (Å²) in [5, 5.41) is 4.09. The lowest BCUT2D eigenvalue weighted by Gasteiger charge is -2.36. The summed E-state index contributed by atoms with van der Waals surface area (Å²) >= 11 is 6.40. The van der Waals surface area contributed by atoms with Crippen molar-refractivity contribution < 1.29 is 0 Å². The molecule has 1 aromatic heterocycles. The average molecular weight is 298 g/mol. The molecule has 0 saturated carbocycles. The van der Waals surface area contributed by atoms with E-state index in [1.807, 2.05) is 12.3 Å². The van der Waals surface area contributed by atoms with Crippen molar-refractivity contribution in [2.45, 2.75) is 60.2 Å². The number of halogens is 1. The third-order valence-corrected chi connectivity index (χ3v) is 4.04. The lowest BCUT2D eigenvalue weighted by Crippen LogP contribution is -2.40. The van der Waals surface area contributed by atoms with Crippen molar-refractivity contribution in [3.63, 3.8) is 0 Å². The van der Waals surface area contributed by atoms with Crippen LogP contribution in [0.4, 0.5) is 5.82 Å². The Labute approximate surface area is 128 Å². The van der Waals surface area contributed by atoms with Crippen LogP contribution in [0.5, 0.6) is 0 Å². The van der Waals surface area contributed by atoms with Crippen LogP contribution in [-0.4, -0.2) is 24.1 Å². The van der Waals surface area contributed by atoms with Gasteiger partial charge in [0.05, 0.1) is 5.02 Å². The van der Waals surface area contributed by atoms with Gasteiger partial charge < -0.3 is 10.2 Å². The summed E-state index contributed by atoms with van der Waals surface area (Å²) in [7, 11) is 2.05.